The summed E-state index contributed by atoms with van der Waals surface area (Å²) in [6, 6.07) is 6.80. The lowest BCUT2D eigenvalue weighted by Crippen LogP contribution is -2.42. The van der Waals surface area contributed by atoms with E-state index in [0.29, 0.717) is 30.4 Å². The molecule has 0 unspecified atom stereocenters. The third-order valence-corrected chi connectivity index (χ3v) is 6.51. The Balaban J connectivity index is 0.00000240. The molecule has 6 nitrogen and oxygen atoms in total. The molecule has 1 saturated heterocycles. The minimum atomic E-state index is -4.44. The van der Waals surface area contributed by atoms with Gasteiger partial charge in [0, 0.05) is 19.6 Å². The van der Waals surface area contributed by atoms with Gasteiger partial charge in [0.25, 0.3) is 0 Å². The Morgan fingerprint density at radius 3 is 2.28 bits per heavy atom. The zero-order chi connectivity index (χ0) is 19.9. The van der Waals surface area contributed by atoms with E-state index in [1.54, 1.807) is 0 Å². The van der Waals surface area contributed by atoms with Gasteiger partial charge < -0.3 is 10.1 Å². The molecule has 10 heteroatoms. The molecule has 0 radical (unpaired) electrons. The summed E-state index contributed by atoms with van der Waals surface area (Å²) < 4.78 is 76.6. The summed E-state index contributed by atoms with van der Waals surface area (Å²) in [5, 5.41) is 3.15. The maximum atomic E-state index is 14.6. The lowest BCUT2D eigenvalue weighted by Gasteiger charge is -2.27. The summed E-state index contributed by atoms with van der Waals surface area (Å²) in [7, 11) is -4.44. The number of rotatable bonds is 4. The monoisotopic (exact) mass is 429 g/mol. The fraction of sp³-hybridized carbons (Fsp3) is 0.368. The summed E-state index contributed by atoms with van der Waals surface area (Å²) in [4.78, 5) is 0. The molecule has 158 valence electrons. The van der Waals surface area contributed by atoms with Crippen molar-refractivity contribution in [2.75, 3.05) is 34.9 Å². The van der Waals surface area contributed by atoms with E-state index in [0.717, 1.165) is 28.6 Å². The topological polar surface area (TPSA) is 61.9 Å². The van der Waals surface area contributed by atoms with Gasteiger partial charge in [0.15, 0.2) is 11.6 Å². The molecule has 4 rings (SSSR count). The number of nitrogens with zero attached hydrogens (tertiary/aromatic N) is 2. The van der Waals surface area contributed by atoms with Gasteiger partial charge in [-0.3, -0.25) is 4.31 Å². The van der Waals surface area contributed by atoms with E-state index >= 15 is 0 Å². The van der Waals surface area contributed by atoms with Crippen LogP contribution in [-0.4, -0.2) is 40.8 Å². The second-order valence-electron chi connectivity index (χ2n) is 6.51. The molecule has 0 bridgehead atoms. The number of para-hydroxylation sites is 2. The van der Waals surface area contributed by atoms with E-state index in [1.807, 2.05) is 0 Å². The van der Waals surface area contributed by atoms with Gasteiger partial charge in [-0.1, -0.05) is 19.6 Å². The van der Waals surface area contributed by atoms with Crippen LogP contribution in [0.3, 0.4) is 0 Å². The van der Waals surface area contributed by atoms with Crippen LogP contribution >= 0.6 is 0 Å². The number of morpholine rings is 1. The molecule has 0 amide bonds. The maximum Gasteiger partial charge on any atom is 0.331 e. The molecule has 1 atom stereocenters. The lowest BCUT2D eigenvalue weighted by atomic mass is 10.2. The first-order valence-corrected chi connectivity index (χ1v) is 10.2. The Bertz CT molecular complexity index is 977. The number of benzene rings is 2. The molecule has 2 aliphatic heterocycles. The SMILES string of the molecule is C.O=S1(=O)N(CC[C@@H]2CNCCO2)c2cccc(F)c2N1c1c(F)cccc1F. The largest absolute Gasteiger partial charge is 0.376 e. The Hall–Kier alpha value is -2.30. The molecule has 29 heavy (non-hydrogen) atoms. The van der Waals surface area contributed by atoms with Gasteiger partial charge in [-0.25, -0.2) is 17.5 Å². The van der Waals surface area contributed by atoms with Crippen molar-refractivity contribution < 1.29 is 26.3 Å². The summed E-state index contributed by atoms with van der Waals surface area (Å²) in [5.74, 6) is -3.08. The standard InChI is InChI=1S/C18H18F3N3O3S.CH4/c19-13-3-1-4-14(20)17(13)24-18-15(21)5-2-6-16(18)23(28(24,25)26)9-7-12-11-22-8-10-27-12;/h1-6,12,22H,7-11H2;1H4/t12-;/m1./s1. The normalized spacial score (nSPS) is 20.3. The predicted molar refractivity (Wildman–Crippen MR) is 105 cm³/mol. The number of hydrogen-bond acceptors (Lipinski definition) is 4. The van der Waals surface area contributed by atoms with Crippen molar-refractivity contribution in [3.05, 3.63) is 53.8 Å². The molecular weight excluding hydrogens is 407 g/mol. The summed E-state index contributed by atoms with van der Waals surface area (Å²) in [5.41, 5.74) is -1.19. The van der Waals surface area contributed by atoms with Gasteiger partial charge in [-0.2, -0.15) is 8.42 Å². The zero-order valence-electron chi connectivity index (χ0n) is 14.7. The average molecular weight is 429 g/mol. The van der Waals surface area contributed by atoms with E-state index in [4.69, 9.17) is 4.74 Å². The van der Waals surface area contributed by atoms with Gasteiger partial charge >= 0.3 is 10.2 Å². The summed E-state index contributed by atoms with van der Waals surface area (Å²) >= 11 is 0. The highest BCUT2D eigenvalue weighted by Crippen LogP contribution is 2.48. The molecule has 0 aliphatic carbocycles. The smallest absolute Gasteiger partial charge is 0.331 e. The number of halogens is 3. The van der Waals surface area contributed by atoms with Gasteiger partial charge in [-0.15, -0.1) is 0 Å². The third kappa shape index (κ3) is 3.67. The van der Waals surface area contributed by atoms with Crippen LogP contribution in [0.1, 0.15) is 13.8 Å². The van der Waals surface area contributed by atoms with Crippen molar-refractivity contribution in [2.24, 2.45) is 0 Å². The third-order valence-electron chi connectivity index (χ3n) is 4.75. The van der Waals surface area contributed by atoms with E-state index in [-0.39, 0.29) is 25.8 Å². The van der Waals surface area contributed by atoms with Crippen LogP contribution in [0.15, 0.2) is 36.4 Å². The van der Waals surface area contributed by atoms with E-state index < -0.39 is 39.0 Å². The second-order valence-corrected chi connectivity index (χ2v) is 8.21. The molecule has 0 spiro atoms. The first kappa shape index (κ1) is 21.4. The highest BCUT2D eigenvalue weighted by atomic mass is 32.2. The molecule has 1 fully saturated rings. The Morgan fingerprint density at radius 2 is 1.66 bits per heavy atom. The second kappa shape index (κ2) is 8.21. The van der Waals surface area contributed by atoms with E-state index in [1.165, 1.54) is 12.1 Å². The molecule has 0 saturated carbocycles. The van der Waals surface area contributed by atoms with Crippen LogP contribution in [0.5, 0.6) is 0 Å². The van der Waals surface area contributed by atoms with Gasteiger partial charge in [0.2, 0.25) is 0 Å². The number of fused-ring (bicyclic) bond motifs is 1. The van der Waals surface area contributed by atoms with Crippen molar-refractivity contribution in [1.82, 2.24) is 5.32 Å². The van der Waals surface area contributed by atoms with Crippen molar-refractivity contribution in [3.8, 4) is 0 Å². The fourth-order valence-electron chi connectivity index (χ4n) is 3.46. The number of ether oxygens (including phenoxy) is 1. The number of anilines is 3. The predicted octanol–water partition coefficient (Wildman–Crippen LogP) is 3.32. The number of nitrogens with one attached hydrogen (secondary N) is 1. The molecule has 2 aromatic rings. The van der Waals surface area contributed by atoms with Gasteiger partial charge in [0.1, 0.15) is 17.2 Å². The molecule has 2 aliphatic rings. The van der Waals surface area contributed by atoms with Gasteiger partial charge in [0.05, 0.1) is 18.4 Å². The van der Waals surface area contributed by atoms with E-state index in [9.17, 15) is 21.6 Å². The quantitative estimate of drug-likeness (QED) is 0.810. The number of hydrogen-bond donors (Lipinski definition) is 1. The molecule has 1 N–H and O–H groups in total. The molecule has 2 heterocycles. The van der Waals surface area contributed by atoms with Crippen molar-refractivity contribution in [2.45, 2.75) is 20.0 Å². The zero-order valence-corrected chi connectivity index (χ0v) is 15.6. The first-order chi connectivity index (χ1) is 13.4. The molecule has 0 aromatic heterocycles. The molecule has 2 aromatic carbocycles. The van der Waals surface area contributed by atoms with Crippen molar-refractivity contribution >= 4 is 27.3 Å². The Kier molecular flexibility index (Phi) is 6.06. The van der Waals surface area contributed by atoms with Crippen molar-refractivity contribution in [1.29, 1.82) is 0 Å². The van der Waals surface area contributed by atoms with Crippen LogP contribution in [0, 0.1) is 17.5 Å². The van der Waals surface area contributed by atoms with Gasteiger partial charge in [-0.05, 0) is 30.7 Å². The minimum absolute atomic E-state index is 0. The highest BCUT2D eigenvalue weighted by Gasteiger charge is 2.45. The van der Waals surface area contributed by atoms with Crippen LogP contribution in [-0.2, 0) is 14.9 Å². The lowest BCUT2D eigenvalue weighted by molar-refractivity contribution is 0.0254. The minimum Gasteiger partial charge on any atom is -0.376 e. The first-order valence-electron chi connectivity index (χ1n) is 8.79. The fourth-order valence-corrected chi connectivity index (χ4v) is 5.20. The summed E-state index contributed by atoms with van der Waals surface area (Å²) in [6.45, 7) is 1.77. The van der Waals surface area contributed by atoms with Crippen LogP contribution in [0.4, 0.5) is 30.2 Å². The van der Waals surface area contributed by atoms with Crippen LogP contribution < -0.4 is 13.9 Å². The summed E-state index contributed by atoms with van der Waals surface area (Å²) in [6.07, 6.45) is 0.135. The average Bonchev–Trinajstić information content (AvgIpc) is 2.89. The molecular formula is C19H22F3N3O3S. The Labute approximate surface area is 168 Å². The van der Waals surface area contributed by atoms with Crippen LogP contribution in [0.2, 0.25) is 0 Å². The Morgan fingerprint density at radius 1 is 1.03 bits per heavy atom. The van der Waals surface area contributed by atoms with Crippen LogP contribution in [0.25, 0.3) is 0 Å². The maximum absolute atomic E-state index is 14.6. The highest BCUT2D eigenvalue weighted by molar-refractivity contribution is 7.95. The van der Waals surface area contributed by atoms with E-state index in [2.05, 4.69) is 5.32 Å². The van der Waals surface area contributed by atoms with Crippen molar-refractivity contribution in [3.63, 3.8) is 0 Å².